The average Bonchev–Trinajstić information content (AvgIpc) is 2.35. The summed E-state index contributed by atoms with van der Waals surface area (Å²) in [5.74, 6) is -0.762. The molecule has 0 aromatic rings. The van der Waals surface area contributed by atoms with Gasteiger partial charge in [-0.1, -0.05) is 64.7 Å². The molecule has 0 aliphatic heterocycles. The van der Waals surface area contributed by atoms with E-state index >= 15 is 0 Å². The molecule has 0 aromatic carbocycles. The van der Waals surface area contributed by atoms with Crippen molar-refractivity contribution in [3.8, 4) is 0 Å². The van der Waals surface area contributed by atoms with Gasteiger partial charge in [0.05, 0.1) is 0 Å². The molecule has 0 aliphatic carbocycles. The molecule has 0 bridgehead atoms. The van der Waals surface area contributed by atoms with Gasteiger partial charge in [-0.3, -0.25) is 4.79 Å². The third-order valence-electron chi connectivity index (χ3n) is 3.35. The summed E-state index contributed by atoms with van der Waals surface area (Å²) < 4.78 is 0. The molecule has 2 N–H and O–H groups in total. The van der Waals surface area contributed by atoms with E-state index in [-0.39, 0.29) is 18.9 Å². The number of unbranched alkanes of at least 4 members (excludes halogenated alkanes) is 9. The molecule has 0 saturated carbocycles. The molecule has 1 unspecified atom stereocenters. The maximum absolute atomic E-state index is 10.5. The molecule has 0 heterocycles. The number of hydrogen-bond acceptors (Lipinski definition) is 2. The van der Waals surface area contributed by atoms with Crippen molar-refractivity contribution in [2.45, 2.75) is 84.1 Å². The third-order valence-corrected chi connectivity index (χ3v) is 3.35. The molecule has 3 nitrogen and oxygen atoms in total. The summed E-state index contributed by atoms with van der Waals surface area (Å²) in [6, 6.07) is -0.413. The van der Waals surface area contributed by atoms with Gasteiger partial charge in [0.25, 0.3) is 0 Å². The van der Waals surface area contributed by atoms with Crippen LogP contribution in [0.5, 0.6) is 0 Å². The zero-order valence-corrected chi connectivity index (χ0v) is 12.2. The fourth-order valence-electron chi connectivity index (χ4n) is 2.02. The first-order chi connectivity index (χ1) is 8.68. The van der Waals surface area contributed by atoms with E-state index in [0.29, 0.717) is 0 Å². The first-order valence-electron chi connectivity index (χ1n) is 7.64. The van der Waals surface area contributed by atoms with Gasteiger partial charge in [0.15, 0.2) is 0 Å². The van der Waals surface area contributed by atoms with Crippen LogP contribution < -0.4 is 5.32 Å². The van der Waals surface area contributed by atoms with Crippen LogP contribution in [0.2, 0.25) is 0 Å². The van der Waals surface area contributed by atoms with Gasteiger partial charge >= 0.3 is 24.8 Å². The first-order valence-corrected chi connectivity index (χ1v) is 7.64. The van der Waals surface area contributed by atoms with E-state index in [1.807, 2.05) is 0 Å². The maximum atomic E-state index is 10.5. The summed E-state index contributed by atoms with van der Waals surface area (Å²) in [6.07, 6.45) is 13.2. The second-order valence-corrected chi connectivity index (χ2v) is 5.20. The summed E-state index contributed by atoms with van der Waals surface area (Å²) in [6.45, 7) is 4.77. The quantitative estimate of drug-likeness (QED) is 0.397. The van der Waals surface area contributed by atoms with E-state index in [1.165, 1.54) is 57.8 Å². The van der Waals surface area contributed by atoms with Gasteiger partial charge in [-0.2, -0.15) is 0 Å². The molecule has 4 heteroatoms. The SMILES string of the molecule is CCCCCCCCCCCCNC(C)C(=O)O.[LiH]. The molecule has 0 spiro atoms. The Balaban J connectivity index is 0. The van der Waals surface area contributed by atoms with Crippen LogP contribution in [0.3, 0.4) is 0 Å². The normalized spacial score (nSPS) is 11.9. The zero-order valence-electron chi connectivity index (χ0n) is 12.2. The topological polar surface area (TPSA) is 49.3 Å². The van der Waals surface area contributed by atoms with Crippen molar-refractivity contribution in [1.29, 1.82) is 0 Å². The standard InChI is InChI=1S/C15H31NO2.Li.H/c1-3-4-5-6-7-8-9-10-11-12-13-16-14(2)15(17)18;;/h14,16H,3-13H2,1-2H3,(H,17,18);;. The summed E-state index contributed by atoms with van der Waals surface area (Å²) in [4.78, 5) is 10.5. The van der Waals surface area contributed by atoms with Crippen molar-refractivity contribution in [3.63, 3.8) is 0 Å². The fraction of sp³-hybridized carbons (Fsp3) is 0.933. The number of carboxylic acids is 1. The van der Waals surface area contributed by atoms with Crippen molar-refractivity contribution in [2.75, 3.05) is 6.54 Å². The summed E-state index contributed by atoms with van der Waals surface area (Å²) in [7, 11) is 0. The van der Waals surface area contributed by atoms with Gasteiger partial charge in [0, 0.05) is 0 Å². The Morgan fingerprint density at radius 1 is 0.947 bits per heavy atom. The van der Waals surface area contributed by atoms with Gasteiger partial charge < -0.3 is 10.4 Å². The number of carboxylic acid groups (broad SMARTS) is 1. The number of rotatable bonds is 13. The molecule has 0 aromatic heterocycles. The fourth-order valence-corrected chi connectivity index (χ4v) is 2.02. The molecular weight excluding hydrogens is 233 g/mol. The molecule has 19 heavy (non-hydrogen) atoms. The minimum absolute atomic E-state index is 0. The molecular formula is C15H32LiNO2. The Labute approximate surface area is 131 Å². The van der Waals surface area contributed by atoms with Crippen LogP contribution in [0.25, 0.3) is 0 Å². The third kappa shape index (κ3) is 16.0. The number of hydrogen-bond donors (Lipinski definition) is 2. The van der Waals surface area contributed by atoms with E-state index < -0.39 is 12.0 Å². The van der Waals surface area contributed by atoms with Crippen molar-refractivity contribution in [1.82, 2.24) is 5.32 Å². The van der Waals surface area contributed by atoms with Crippen molar-refractivity contribution in [3.05, 3.63) is 0 Å². The second kappa shape index (κ2) is 16.1. The Morgan fingerprint density at radius 2 is 1.37 bits per heavy atom. The van der Waals surface area contributed by atoms with Crippen LogP contribution in [0.1, 0.15) is 78.1 Å². The summed E-state index contributed by atoms with van der Waals surface area (Å²) >= 11 is 0. The predicted octanol–water partition coefficient (Wildman–Crippen LogP) is 3.32. The van der Waals surface area contributed by atoms with E-state index in [1.54, 1.807) is 6.92 Å². The monoisotopic (exact) mass is 265 g/mol. The average molecular weight is 265 g/mol. The zero-order chi connectivity index (χ0) is 13.6. The molecule has 110 valence electrons. The Bertz CT molecular complexity index is 201. The molecule has 1 atom stereocenters. The van der Waals surface area contributed by atoms with E-state index in [4.69, 9.17) is 5.11 Å². The molecule has 0 amide bonds. The van der Waals surface area contributed by atoms with Crippen LogP contribution in [-0.2, 0) is 4.79 Å². The second-order valence-electron chi connectivity index (χ2n) is 5.20. The first kappa shape index (κ1) is 21.3. The Hall–Kier alpha value is 0.0274. The van der Waals surface area contributed by atoms with Crippen LogP contribution in [0, 0.1) is 0 Å². The van der Waals surface area contributed by atoms with E-state index in [0.717, 1.165) is 13.0 Å². The predicted molar refractivity (Wildman–Crippen MR) is 84.1 cm³/mol. The van der Waals surface area contributed by atoms with Crippen LogP contribution in [0.4, 0.5) is 0 Å². The van der Waals surface area contributed by atoms with E-state index in [2.05, 4.69) is 12.2 Å². The van der Waals surface area contributed by atoms with Gasteiger partial charge in [0.1, 0.15) is 6.04 Å². The number of carbonyl (C=O) groups is 1. The molecule has 0 radical (unpaired) electrons. The minimum atomic E-state index is -0.762. The van der Waals surface area contributed by atoms with Crippen molar-refractivity contribution in [2.24, 2.45) is 0 Å². The van der Waals surface area contributed by atoms with E-state index in [9.17, 15) is 4.79 Å². The summed E-state index contributed by atoms with van der Waals surface area (Å²) in [5, 5.41) is 11.7. The molecule has 0 rings (SSSR count). The Kier molecular flexibility index (Phi) is 18.1. The van der Waals surface area contributed by atoms with Gasteiger partial charge in [-0.25, -0.2) is 0 Å². The van der Waals surface area contributed by atoms with Crippen molar-refractivity contribution < 1.29 is 9.90 Å². The molecule has 0 fully saturated rings. The number of aliphatic carboxylic acids is 1. The van der Waals surface area contributed by atoms with Crippen LogP contribution in [0.15, 0.2) is 0 Å². The Morgan fingerprint density at radius 3 is 1.79 bits per heavy atom. The van der Waals surface area contributed by atoms with Crippen LogP contribution >= 0.6 is 0 Å². The van der Waals surface area contributed by atoms with Gasteiger partial charge in [0.2, 0.25) is 0 Å². The molecule has 0 aliphatic rings. The van der Waals surface area contributed by atoms with Crippen LogP contribution in [-0.4, -0.2) is 42.5 Å². The molecule has 0 saturated heterocycles. The van der Waals surface area contributed by atoms with Gasteiger partial charge in [-0.15, -0.1) is 0 Å². The summed E-state index contributed by atoms with van der Waals surface area (Å²) in [5.41, 5.74) is 0. The van der Waals surface area contributed by atoms with Gasteiger partial charge in [-0.05, 0) is 19.9 Å². The van der Waals surface area contributed by atoms with Crippen molar-refractivity contribution >= 4 is 24.8 Å². The number of nitrogens with one attached hydrogen (secondary N) is 1.